The molecule has 5 nitrogen and oxygen atoms in total. The Bertz CT molecular complexity index is 1730. The minimum atomic E-state index is -0.0648. The molecule has 0 unspecified atom stereocenters. The molecule has 5 aromatic rings. The highest BCUT2D eigenvalue weighted by Gasteiger charge is 2.33. The molecule has 1 aromatic heterocycles. The van der Waals surface area contributed by atoms with Crippen LogP contribution in [-0.2, 0) is 17.9 Å². The number of nitrogens with zero attached hydrogens (tertiary/aromatic N) is 3. The predicted octanol–water partition coefficient (Wildman–Crippen LogP) is 8.16. The summed E-state index contributed by atoms with van der Waals surface area (Å²) in [4.78, 5) is 21.0. The minimum Gasteiger partial charge on any atom is -0.497 e. The van der Waals surface area contributed by atoms with Crippen molar-refractivity contribution in [2.75, 3.05) is 7.11 Å². The van der Waals surface area contributed by atoms with Crippen LogP contribution in [0.15, 0.2) is 119 Å². The van der Waals surface area contributed by atoms with E-state index in [-0.39, 0.29) is 5.91 Å². The van der Waals surface area contributed by atoms with Crippen LogP contribution in [0.4, 0.5) is 5.69 Å². The van der Waals surface area contributed by atoms with Crippen molar-refractivity contribution in [3.05, 3.63) is 136 Å². The molecule has 4 aromatic carbocycles. The molecule has 0 aliphatic carbocycles. The Morgan fingerprint density at radius 1 is 0.850 bits per heavy atom. The number of hydrogen-bond acceptors (Lipinski definition) is 4. The van der Waals surface area contributed by atoms with Gasteiger partial charge >= 0.3 is 0 Å². The lowest BCUT2D eigenvalue weighted by Crippen LogP contribution is -2.28. The van der Waals surface area contributed by atoms with E-state index in [1.54, 1.807) is 12.0 Å². The average Bonchev–Trinajstić information content (AvgIpc) is 3.47. The molecule has 0 N–H and O–H groups in total. The standard InChI is InChI=1S/C33H26ClN3O2S/c1-39-28-17-13-24(14-18-28)21-37-32(38)31(40-33(37)35-27-7-3-2-4-8-27)19-25-22-36(30-10-6-5-9-29(25)30)20-23-11-15-26(34)16-12-23/h2-19,22H,20-21H2,1H3/b31-19-,35-33?. The first-order valence-corrected chi connectivity index (χ1v) is 14.1. The van der Waals surface area contributed by atoms with Crippen molar-refractivity contribution in [1.82, 2.24) is 9.47 Å². The molecule has 40 heavy (non-hydrogen) atoms. The maximum Gasteiger partial charge on any atom is 0.267 e. The Morgan fingerprint density at radius 3 is 2.27 bits per heavy atom. The predicted molar refractivity (Wildman–Crippen MR) is 165 cm³/mol. The van der Waals surface area contributed by atoms with Crippen molar-refractivity contribution in [3.63, 3.8) is 0 Å². The Balaban J connectivity index is 1.36. The number of carbonyl (C=O) groups excluding carboxylic acids is 1. The van der Waals surface area contributed by atoms with Crippen LogP contribution in [-0.4, -0.2) is 27.7 Å². The van der Waals surface area contributed by atoms with Crippen molar-refractivity contribution < 1.29 is 9.53 Å². The fourth-order valence-corrected chi connectivity index (χ4v) is 5.82. The number of amidine groups is 1. The number of thioether (sulfide) groups is 1. The fourth-order valence-electron chi connectivity index (χ4n) is 4.71. The maximum atomic E-state index is 13.8. The average molecular weight is 564 g/mol. The van der Waals surface area contributed by atoms with E-state index in [2.05, 4.69) is 22.9 Å². The van der Waals surface area contributed by atoms with Crippen molar-refractivity contribution in [1.29, 1.82) is 0 Å². The van der Waals surface area contributed by atoms with Gasteiger partial charge in [-0.3, -0.25) is 9.69 Å². The normalized spacial score (nSPS) is 15.4. The van der Waals surface area contributed by atoms with Crippen LogP contribution in [0.25, 0.3) is 17.0 Å². The first-order valence-electron chi connectivity index (χ1n) is 12.9. The van der Waals surface area contributed by atoms with Gasteiger partial charge in [-0.25, -0.2) is 4.99 Å². The van der Waals surface area contributed by atoms with Gasteiger partial charge in [0.05, 0.1) is 24.2 Å². The van der Waals surface area contributed by atoms with Crippen molar-refractivity contribution in [2.45, 2.75) is 13.1 Å². The second-order valence-electron chi connectivity index (χ2n) is 9.44. The van der Waals surface area contributed by atoms with Crippen LogP contribution in [0.2, 0.25) is 5.02 Å². The quantitative estimate of drug-likeness (QED) is 0.188. The summed E-state index contributed by atoms with van der Waals surface area (Å²) in [6.45, 7) is 1.11. The zero-order chi connectivity index (χ0) is 27.5. The van der Waals surface area contributed by atoms with Crippen LogP contribution in [0.5, 0.6) is 5.75 Å². The Morgan fingerprint density at radius 2 is 1.52 bits per heavy atom. The molecule has 0 atom stereocenters. The van der Waals surface area contributed by atoms with Gasteiger partial charge in [-0.15, -0.1) is 0 Å². The lowest BCUT2D eigenvalue weighted by Gasteiger charge is -2.16. The third-order valence-corrected chi connectivity index (χ3v) is 8.00. The highest BCUT2D eigenvalue weighted by Crippen LogP contribution is 2.37. The van der Waals surface area contributed by atoms with E-state index >= 15 is 0 Å². The Hall–Kier alpha value is -4.26. The monoisotopic (exact) mass is 563 g/mol. The molecule has 1 fully saturated rings. The number of rotatable bonds is 7. The van der Waals surface area contributed by atoms with Gasteiger partial charge in [0.15, 0.2) is 5.17 Å². The smallest absolute Gasteiger partial charge is 0.267 e. The van der Waals surface area contributed by atoms with Gasteiger partial charge in [0.1, 0.15) is 5.75 Å². The number of amides is 1. The van der Waals surface area contributed by atoms with E-state index in [0.717, 1.165) is 44.1 Å². The minimum absolute atomic E-state index is 0.0648. The summed E-state index contributed by atoms with van der Waals surface area (Å²) in [5.41, 5.74) is 5.05. The molecule has 0 bridgehead atoms. The summed E-state index contributed by atoms with van der Waals surface area (Å²) in [5, 5.41) is 2.46. The number of aromatic nitrogens is 1. The van der Waals surface area contributed by atoms with E-state index in [1.165, 1.54) is 11.8 Å². The molecule has 2 heterocycles. The summed E-state index contributed by atoms with van der Waals surface area (Å²) in [7, 11) is 1.64. The number of fused-ring (bicyclic) bond motifs is 1. The van der Waals surface area contributed by atoms with Crippen molar-refractivity contribution in [3.8, 4) is 5.75 Å². The second kappa shape index (κ2) is 11.5. The van der Waals surface area contributed by atoms with Gasteiger partial charge in [-0.05, 0) is 71.4 Å². The van der Waals surface area contributed by atoms with E-state index in [0.29, 0.717) is 23.2 Å². The van der Waals surface area contributed by atoms with E-state index in [9.17, 15) is 4.79 Å². The number of benzene rings is 4. The van der Waals surface area contributed by atoms with Gasteiger partial charge in [0.2, 0.25) is 0 Å². The lowest BCUT2D eigenvalue weighted by atomic mass is 10.1. The molecule has 1 aliphatic heterocycles. The molecule has 7 heteroatoms. The van der Waals surface area contributed by atoms with Crippen molar-refractivity contribution in [2.24, 2.45) is 4.99 Å². The summed E-state index contributed by atoms with van der Waals surface area (Å²) in [6, 6.07) is 33.6. The molecule has 1 aliphatic rings. The summed E-state index contributed by atoms with van der Waals surface area (Å²) in [6.07, 6.45) is 4.10. The van der Waals surface area contributed by atoms with Gasteiger partial charge in [0, 0.05) is 34.2 Å². The van der Waals surface area contributed by atoms with Crippen LogP contribution in [0, 0.1) is 0 Å². The maximum absolute atomic E-state index is 13.8. The number of hydrogen-bond donors (Lipinski definition) is 0. The fraction of sp³-hybridized carbons (Fsp3) is 0.0909. The Kier molecular flexibility index (Phi) is 7.45. The molecular weight excluding hydrogens is 538 g/mol. The van der Waals surface area contributed by atoms with Crippen LogP contribution in [0.3, 0.4) is 0 Å². The molecule has 0 saturated carbocycles. The third kappa shape index (κ3) is 5.55. The largest absolute Gasteiger partial charge is 0.497 e. The zero-order valence-electron chi connectivity index (χ0n) is 21.8. The molecule has 0 spiro atoms. The van der Waals surface area contributed by atoms with E-state index < -0.39 is 0 Å². The van der Waals surface area contributed by atoms with Gasteiger partial charge in [0.25, 0.3) is 5.91 Å². The van der Waals surface area contributed by atoms with Gasteiger partial charge in [-0.2, -0.15) is 0 Å². The molecule has 6 rings (SSSR count). The third-order valence-electron chi connectivity index (χ3n) is 6.74. The van der Waals surface area contributed by atoms with Crippen LogP contribution < -0.4 is 4.74 Å². The topological polar surface area (TPSA) is 46.8 Å². The van der Waals surface area contributed by atoms with Crippen LogP contribution >= 0.6 is 23.4 Å². The van der Waals surface area contributed by atoms with E-state index in [4.69, 9.17) is 21.3 Å². The lowest BCUT2D eigenvalue weighted by molar-refractivity contribution is -0.122. The number of ether oxygens (including phenoxy) is 1. The van der Waals surface area contributed by atoms with Crippen LogP contribution in [0.1, 0.15) is 16.7 Å². The summed E-state index contributed by atoms with van der Waals surface area (Å²) in [5.74, 6) is 0.713. The molecular formula is C33H26ClN3O2S. The molecule has 198 valence electrons. The first kappa shape index (κ1) is 26.0. The molecule has 1 amide bonds. The summed E-state index contributed by atoms with van der Waals surface area (Å²) < 4.78 is 7.51. The highest BCUT2D eigenvalue weighted by molar-refractivity contribution is 8.18. The van der Waals surface area contributed by atoms with Crippen molar-refractivity contribution >= 4 is 57.1 Å². The number of para-hydroxylation sites is 2. The number of aliphatic imine (C=N–C) groups is 1. The molecule has 0 radical (unpaired) electrons. The zero-order valence-corrected chi connectivity index (χ0v) is 23.4. The SMILES string of the molecule is COc1ccc(CN2C(=O)/C(=C/c3cn(Cc4ccc(Cl)cc4)c4ccccc34)SC2=Nc2ccccc2)cc1. The number of methoxy groups -OCH3 is 1. The highest BCUT2D eigenvalue weighted by atomic mass is 35.5. The van der Waals surface area contributed by atoms with E-state index in [1.807, 2.05) is 97.1 Å². The first-order chi connectivity index (χ1) is 19.6. The van der Waals surface area contributed by atoms with Gasteiger partial charge in [-0.1, -0.05) is 72.3 Å². The number of halogens is 1. The number of carbonyl (C=O) groups is 1. The second-order valence-corrected chi connectivity index (χ2v) is 10.9. The molecule has 1 saturated heterocycles. The summed E-state index contributed by atoms with van der Waals surface area (Å²) >= 11 is 7.50. The van der Waals surface area contributed by atoms with Gasteiger partial charge < -0.3 is 9.30 Å². The Labute approximate surface area is 242 Å².